The summed E-state index contributed by atoms with van der Waals surface area (Å²) in [5, 5.41) is 2.98. The molecule has 3 aromatic carbocycles. The van der Waals surface area contributed by atoms with E-state index in [1.165, 1.54) is 36.1 Å². The maximum absolute atomic E-state index is 13.9. The van der Waals surface area contributed by atoms with E-state index >= 15 is 0 Å². The van der Waals surface area contributed by atoms with Gasteiger partial charge < -0.3 is 15.0 Å². The highest BCUT2D eigenvalue weighted by Gasteiger charge is 2.52. The third kappa shape index (κ3) is 6.53. The molecule has 2 amide bonds. The van der Waals surface area contributed by atoms with Crippen molar-refractivity contribution >= 4 is 11.8 Å². The zero-order valence-corrected chi connectivity index (χ0v) is 22.8. The molecule has 2 unspecified atom stereocenters. The lowest BCUT2D eigenvalue weighted by Gasteiger charge is -2.39. The van der Waals surface area contributed by atoms with Crippen LogP contribution in [0.5, 0.6) is 0 Å². The average Bonchev–Trinajstić information content (AvgIpc) is 3.34. The van der Waals surface area contributed by atoms with Gasteiger partial charge in [-0.2, -0.15) is 26.3 Å². The first-order chi connectivity index (χ1) is 20.2. The molecule has 2 fully saturated rings. The van der Waals surface area contributed by atoms with Crippen LogP contribution in [0.2, 0.25) is 0 Å². The van der Waals surface area contributed by atoms with Gasteiger partial charge in [-0.3, -0.25) is 9.59 Å². The highest BCUT2D eigenvalue weighted by molar-refractivity contribution is 5.94. The highest BCUT2D eigenvalue weighted by atomic mass is 19.4. The Labute approximate surface area is 242 Å². The fourth-order valence-electron chi connectivity index (χ4n) is 5.95. The number of alkyl halides is 6. The summed E-state index contributed by atoms with van der Waals surface area (Å²) in [6, 6.07) is 13.9. The van der Waals surface area contributed by atoms with Crippen LogP contribution < -0.4 is 5.32 Å². The zero-order valence-electron chi connectivity index (χ0n) is 22.8. The number of benzene rings is 3. The van der Waals surface area contributed by atoms with Gasteiger partial charge in [0.2, 0.25) is 5.91 Å². The second-order valence-corrected chi connectivity index (χ2v) is 10.8. The summed E-state index contributed by atoms with van der Waals surface area (Å²) in [6.45, 7) is 1.31. The minimum Gasteiger partial charge on any atom is -0.368 e. The van der Waals surface area contributed by atoms with E-state index in [1.807, 2.05) is 0 Å². The van der Waals surface area contributed by atoms with Crippen LogP contribution in [-0.4, -0.2) is 41.4 Å². The van der Waals surface area contributed by atoms with Crippen LogP contribution in [-0.2, 0) is 21.9 Å². The third-order valence-corrected chi connectivity index (χ3v) is 7.97. The van der Waals surface area contributed by atoms with Gasteiger partial charge in [0.1, 0.15) is 5.82 Å². The molecular weight excluding hydrogens is 581 g/mol. The molecule has 2 saturated heterocycles. The molecule has 0 aromatic heterocycles. The quantitative estimate of drug-likeness (QED) is 0.310. The predicted octanol–water partition coefficient (Wildman–Crippen LogP) is 6.90. The molecule has 1 N–H and O–H groups in total. The number of rotatable bonds is 6. The van der Waals surface area contributed by atoms with Gasteiger partial charge in [-0.15, -0.1) is 0 Å². The summed E-state index contributed by atoms with van der Waals surface area (Å²) in [5.41, 5.74) is -2.34. The lowest BCUT2D eigenvalue weighted by Crippen LogP contribution is -2.56. The molecule has 0 aliphatic carbocycles. The first-order valence-corrected chi connectivity index (χ1v) is 13.6. The molecule has 0 saturated carbocycles. The SMILES string of the molecule is C[C@@H](O[C@H]1CN2C(=O)CCC(NC(=O)c3ccccc3)C2[C@@H]1c1ccc(F)cc1)c1cc(C(F)(F)F)cc(C(F)(F)F)c1. The smallest absolute Gasteiger partial charge is 0.368 e. The molecule has 5 rings (SSSR count). The van der Waals surface area contributed by atoms with Crippen molar-refractivity contribution in [1.82, 2.24) is 10.2 Å². The van der Waals surface area contributed by atoms with E-state index < -0.39 is 59.5 Å². The molecule has 2 aliphatic heterocycles. The second kappa shape index (κ2) is 11.6. The van der Waals surface area contributed by atoms with Crippen molar-refractivity contribution < 1.29 is 45.1 Å². The van der Waals surface area contributed by atoms with E-state index in [4.69, 9.17) is 4.74 Å². The summed E-state index contributed by atoms with van der Waals surface area (Å²) in [7, 11) is 0. The number of hydrogen-bond acceptors (Lipinski definition) is 3. The van der Waals surface area contributed by atoms with E-state index in [-0.39, 0.29) is 36.4 Å². The number of carbonyl (C=O) groups excluding carboxylic acids is 2. The summed E-state index contributed by atoms with van der Waals surface area (Å²) in [6.07, 6.45) is -11.8. The number of nitrogens with one attached hydrogen (secondary N) is 1. The van der Waals surface area contributed by atoms with E-state index in [2.05, 4.69) is 5.32 Å². The predicted molar refractivity (Wildman–Crippen MR) is 141 cm³/mol. The molecule has 3 aromatic rings. The number of piperidine rings is 1. The summed E-state index contributed by atoms with van der Waals surface area (Å²) in [5.74, 6) is -1.82. The Morgan fingerprint density at radius 2 is 1.53 bits per heavy atom. The van der Waals surface area contributed by atoms with Crippen LogP contribution in [0.3, 0.4) is 0 Å². The largest absolute Gasteiger partial charge is 0.416 e. The number of amides is 2. The molecular formula is C31H27F7N2O3. The number of carbonyl (C=O) groups is 2. The molecule has 5 nitrogen and oxygen atoms in total. The molecule has 2 heterocycles. The van der Waals surface area contributed by atoms with Crippen molar-refractivity contribution in [3.63, 3.8) is 0 Å². The normalized spacial score (nSPS) is 23.2. The Bertz CT molecular complexity index is 1440. The lowest BCUT2D eigenvalue weighted by atomic mass is 9.82. The standard InChI is InChI=1S/C31H27F7N2O3/c1-17(20-13-21(30(33,34)35)15-22(14-20)31(36,37)38)43-25-16-40-26(41)12-11-24(39-29(42)19-5-3-2-4-6-19)28(40)27(25)18-7-9-23(32)10-8-18/h2-10,13-15,17,24-25,27-28H,11-12,16H2,1H3,(H,39,42)/t17-,24?,25+,27-,28?/m1/s1. The van der Waals surface area contributed by atoms with E-state index in [1.54, 1.807) is 30.3 Å². The minimum absolute atomic E-state index is 0.0291. The Hall–Kier alpha value is -3.93. The van der Waals surface area contributed by atoms with Crippen LogP contribution in [0.15, 0.2) is 72.8 Å². The molecule has 12 heteroatoms. The highest BCUT2D eigenvalue weighted by Crippen LogP contribution is 2.44. The van der Waals surface area contributed by atoms with Crippen LogP contribution in [0, 0.1) is 5.82 Å². The zero-order chi connectivity index (χ0) is 31.1. The van der Waals surface area contributed by atoms with Crippen molar-refractivity contribution in [2.75, 3.05) is 6.54 Å². The van der Waals surface area contributed by atoms with E-state index in [9.17, 15) is 40.3 Å². The molecule has 5 atom stereocenters. The number of fused-ring (bicyclic) bond motifs is 1. The second-order valence-electron chi connectivity index (χ2n) is 10.8. The van der Waals surface area contributed by atoms with Crippen LogP contribution in [0.4, 0.5) is 30.7 Å². The Morgan fingerprint density at radius 1 is 0.930 bits per heavy atom. The van der Waals surface area contributed by atoms with Gasteiger partial charge in [-0.05, 0) is 66.9 Å². The van der Waals surface area contributed by atoms with Gasteiger partial charge in [0.25, 0.3) is 5.91 Å². The number of ether oxygens (including phenoxy) is 1. The van der Waals surface area contributed by atoms with Crippen molar-refractivity contribution in [2.45, 2.75) is 62.3 Å². The van der Waals surface area contributed by atoms with Gasteiger partial charge in [0.05, 0.1) is 35.4 Å². The maximum Gasteiger partial charge on any atom is 0.416 e. The molecule has 0 bridgehead atoms. The van der Waals surface area contributed by atoms with E-state index in [0.29, 0.717) is 29.7 Å². The van der Waals surface area contributed by atoms with Crippen molar-refractivity contribution in [3.05, 3.63) is 106 Å². The number of halogens is 7. The summed E-state index contributed by atoms with van der Waals surface area (Å²) < 4.78 is 101. The topological polar surface area (TPSA) is 58.6 Å². The van der Waals surface area contributed by atoms with Gasteiger partial charge in [0.15, 0.2) is 0 Å². The number of nitrogens with zero attached hydrogens (tertiary/aromatic N) is 1. The fourth-order valence-corrected chi connectivity index (χ4v) is 5.95. The minimum atomic E-state index is -5.03. The molecule has 0 radical (unpaired) electrons. The molecule has 0 spiro atoms. The van der Waals surface area contributed by atoms with Crippen LogP contribution >= 0.6 is 0 Å². The van der Waals surface area contributed by atoms with Gasteiger partial charge in [-0.25, -0.2) is 4.39 Å². The Morgan fingerprint density at radius 3 is 2.12 bits per heavy atom. The van der Waals surface area contributed by atoms with Crippen molar-refractivity contribution in [1.29, 1.82) is 0 Å². The first-order valence-electron chi connectivity index (χ1n) is 13.6. The monoisotopic (exact) mass is 608 g/mol. The molecule has 2 aliphatic rings. The fraction of sp³-hybridized carbons (Fsp3) is 0.355. The Kier molecular flexibility index (Phi) is 8.26. The molecule has 43 heavy (non-hydrogen) atoms. The van der Waals surface area contributed by atoms with Gasteiger partial charge in [-0.1, -0.05) is 30.3 Å². The Balaban J connectivity index is 1.50. The first kappa shape index (κ1) is 30.5. The summed E-state index contributed by atoms with van der Waals surface area (Å²) >= 11 is 0. The lowest BCUT2D eigenvalue weighted by molar-refractivity contribution is -0.143. The van der Waals surface area contributed by atoms with Crippen molar-refractivity contribution in [3.8, 4) is 0 Å². The van der Waals surface area contributed by atoms with Crippen molar-refractivity contribution in [2.24, 2.45) is 0 Å². The average molecular weight is 609 g/mol. The van der Waals surface area contributed by atoms with Gasteiger partial charge >= 0.3 is 12.4 Å². The van der Waals surface area contributed by atoms with Gasteiger partial charge in [0, 0.05) is 24.4 Å². The van der Waals surface area contributed by atoms with Crippen LogP contribution in [0.1, 0.15) is 64.4 Å². The summed E-state index contributed by atoms with van der Waals surface area (Å²) in [4.78, 5) is 27.7. The number of hydrogen-bond donors (Lipinski definition) is 1. The maximum atomic E-state index is 13.9. The molecule has 228 valence electrons. The van der Waals surface area contributed by atoms with E-state index in [0.717, 1.165) is 0 Å². The third-order valence-electron chi connectivity index (χ3n) is 7.97. The van der Waals surface area contributed by atoms with Crippen LogP contribution in [0.25, 0.3) is 0 Å².